The lowest BCUT2D eigenvalue weighted by atomic mass is 9.97. The number of sulfonamides is 1. The molecular formula is C17H24ClN5O3S. The molecule has 0 aliphatic heterocycles. The quantitative estimate of drug-likeness (QED) is 0.369. The number of carbonyl (C=O) groups excluding carboxylic acids is 1. The molecule has 0 saturated heterocycles. The Bertz CT molecular complexity index is 828. The summed E-state index contributed by atoms with van der Waals surface area (Å²) in [6.45, 7) is 1.83. The average Bonchev–Trinajstić information content (AvgIpc) is 3.12. The third-order valence-electron chi connectivity index (χ3n) is 4.01. The maximum atomic E-state index is 12.3. The van der Waals surface area contributed by atoms with E-state index in [1.165, 1.54) is 12.1 Å². The van der Waals surface area contributed by atoms with Crippen LogP contribution in [0.15, 0.2) is 47.8 Å². The zero-order chi connectivity index (χ0) is 19.9. The lowest BCUT2D eigenvalue weighted by Gasteiger charge is -2.31. The molecule has 5 N–H and O–H groups in total. The fourth-order valence-corrected chi connectivity index (χ4v) is 3.55. The van der Waals surface area contributed by atoms with Gasteiger partial charge < -0.3 is 16.0 Å². The van der Waals surface area contributed by atoms with Crippen molar-refractivity contribution in [1.82, 2.24) is 20.0 Å². The van der Waals surface area contributed by atoms with Gasteiger partial charge in [-0.25, -0.2) is 22.9 Å². The van der Waals surface area contributed by atoms with Gasteiger partial charge in [-0.2, -0.15) is 0 Å². The van der Waals surface area contributed by atoms with Crippen LogP contribution in [0.2, 0.25) is 0 Å². The maximum Gasteiger partial charge on any atom is 0.330 e. The number of nitrogens with one attached hydrogen (secondary N) is 3. The second-order valence-electron chi connectivity index (χ2n) is 6.41. The highest BCUT2D eigenvalue weighted by Crippen LogP contribution is 2.18. The minimum absolute atomic E-state index is 0.00586. The summed E-state index contributed by atoms with van der Waals surface area (Å²) in [6.07, 6.45) is 5.14. The number of nitrogens with zero attached hydrogens (tertiary/aromatic N) is 1. The average molecular weight is 414 g/mol. The molecule has 8 nitrogen and oxygen atoms in total. The Morgan fingerprint density at radius 2 is 2.04 bits per heavy atom. The van der Waals surface area contributed by atoms with Crippen LogP contribution in [0.5, 0.6) is 0 Å². The van der Waals surface area contributed by atoms with Crippen LogP contribution in [0.4, 0.5) is 4.79 Å². The molecule has 2 unspecified atom stereocenters. The van der Waals surface area contributed by atoms with Gasteiger partial charge in [0.2, 0.25) is 0 Å². The predicted molar refractivity (Wildman–Crippen MR) is 104 cm³/mol. The second kappa shape index (κ2) is 9.20. The number of hydrogen-bond acceptors (Lipinski definition) is 5. The number of aryl methyl sites for hydroxylation is 1. The molecule has 2 aromatic rings. The van der Waals surface area contributed by atoms with E-state index in [1.54, 1.807) is 30.7 Å². The van der Waals surface area contributed by atoms with Crippen molar-refractivity contribution >= 4 is 27.7 Å². The van der Waals surface area contributed by atoms with Crippen LogP contribution in [0.25, 0.3) is 0 Å². The molecule has 0 saturated carbocycles. The molecule has 0 bridgehead atoms. The van der Waals surface area contributed by atoms with Crippen molar-refractivity contribution in [2.75, 3.05) is 0 Å². The predicted octanol–water partition coefficient (Wildman–Crippen LogP) is 2.09. The van der Waals surface area contributed by atoms with E-state index in [2.05, 4.69) is 15.3 Å². The first-order chi connectivity index (χ1) is 12.7. The third-order valence-corrected chi connectivity index (χ3v) is 5.58. The Morgan fingerprint density at radius 3 is 2.63 bits per heavy atom. The van der Waals surface area contributed by atoms with Crippen LogP contribution in [0.1, 0.15) is 31.9 Å². The second-order valence-corrected chi connectivity index (χ2v) is 8.84. The highest BCUT2D eigenvalue weighted by molar-refractivity contribution is 7.90. The number of hydrogen-bond donors (Lipinski definition) is 4. The smallest absolute Gasteiger partial charge is 0.330 e. The topological polar surface area (TPSA) is 130 Å². The molecule has 10 heteroatoms. The van der Waals surface area contributed by atoms with Crippen molar-refractivity contribution < 1.29 is 13.2 Å². The molecule has 27 heavy (non-hydrogen) atoms. The summed E-state index contributed by atoms with van der Waals surface area (Å²) in [5.41, 5.74) is 6.03. The summed E-state index contributed by atoms with van der Waals surface area (Å²) in [6, 6.07) is 6.75. The number of benzene rings is 1. The molecule has 1 aromatic carbocycles. The van der Waals surface area contributed by atoms with Gasteiger partial charge in [0.05, 0.1) is 22.6 Å². The van der Waals surface area contributed by atoms with E-state index in [0.29, 0.717) is 25.7 Å². The van der Waals surface area contributed by atoms with Gasteiger partial charge in [-0.15, -0.1) is 11.6 Å². The third kappa shape index (κ3) is 6.85. The fourth-order valence-electron chi connectivity index (χ4n) is 2.52. The number of carbonyl (C=O) groups is 1. The van der Waals surface area contributed by atoms with E-state index in [0.717, 1.165) is 5.69 Å². The molecule has 2 atom stereocenters. The van der Waals surface area contributed by atoms with Crippen molar-refractivity contribution in [1.29, 1.82) is 0 Å². The van der Waals surface area contributed by atoms with Crippen molar-refractivity contribution in [2.24, 2.45) is 5.73 Å². The molecule has 1 heterocycles. The summed E-state index contributed by atoms with van der Waals surface area (Å²) in [4.78, 5) is 19.3. The van der Waals surface area contributed by atoms with Crippen molar-refractivity contribution in [3.05, 3.63) is 48.5 Å². The van der Waals surface area contributed by atoms with Gasteiger partial charge in [0.1, 0.15) is 0 Å². The van der Waals surface area contributed by atoms with E-state index in [4.69, 9.17) is 17.3 Å². The number of halogens is 1. The van der Waals surface area contributed by atoms with Crippen LogP contribution in [0, 0.1) is 0 Å². The standard InChI is InChI=1S/C17H24ClN5O3S/c1-13(18)7-9-17(19,10-8-14-11-20-12-21-14)22-16(24)23-27(25,26)15-5-3-2-4-6-15/h2-6,11-13H,7-10,19H2,1H3,(H,20,21)(H2,22,23,24). The number of urea groups is 1. The first-order valence-corrected chi connectivity index (χ1v) is 10.4. The molecule has 2 amide bonds. The lowest BCUT2D eigenvalue weighted by Crippen LogP contribution is -2.59. The molecule has 0 aliphatic carbocycles. The zero-order valence-electron chi connectivity index (χ0n) is 15.0. The zero-order valence-corrected chi connectivity index (χ0v) is 16.6. The highest BCUT2D eigenvalue weighted by Gasteiger charge is 2.29. The number of nitrogens with two attached hydrogens (primary N) is 1. The molecule has 148 valence electrons. The van der Waals surface area contributed by atoms with Gasteiger partial charge in [-0.05, 0) is 44.7 Å². The number of amides is 2. The number of H-pyrrole nitrogens is 1. The number of aromatic amines is 1. The lowest BCUT2D eigenvalue weighted by molar-refractivity contribution is 0.221. The van der Waals surface area contributed by atoms with Crippen molar-refractivity contribution in [3.63, 3.8) is 0 Å². The van der Waals surface area contributed by atoms with Gasteiger partial charge in [0.25, 0.3) is 10.0 Å². The van der Waals surface area contributed by atoms with E-state index < -0.39 is 21.7 Å². The van der Waals surface area contributed by atoms with Gasteiger partial charge in [-0.3, -0.25) is 0 Å². The monoisotopic (exact) mass is 413 g/mol. The minimum Gasteiger partial charge on any atom is -0.351 e. The molecule has 1 aromatic heterocycles. The van der Waals surface area contributed by atoms with Gasteiger partial charge in [0, 0.05) is 11.6 Å². The van der Waals surface area contributed by atoms with Crippen LogP contribution in [-0.2, 0) is 16.4 Å². The maximum absolute atomic E-state index is 12.3. The summed E-state index contributed by atoms with van der Waals surface area (Å²) in [5.74, 6) is 0. The van der Waals surface area contributed by atoms with Gasteiger partial charge in [-0.1, -0.05) is 18.2 Å². The van der Waals surface area contributed by atoms with Crippen molar-refractivity contribution in [2.45, 2.75) is 48.5 Å². The van der Waals surface area contributed by atoms with E-state index in [9.17, 15) is 13.2 Å². The SMILES string of the molecule is CC(Cl)CCC(N)(CCc1c[nH]cn1)NC(=O)NS(=O)(=O)c1ccccc1. The van der Waals surface area contributed by atoms with Crippen molar-refractivity contribution in [3.8, 4) is 0 Å². The fraction of sp³-hybridized carbons (Fsp3) is 0.412. The van der Waals surface area contributed by atoms with E-state index >= 15 is 0 Å². The summed E-state index contributed by atoms with van der Waals surface area (Å²) < 4.78 is 26.6. The number of rotatable bonds is 9. The Labute approximate surface area is 164 Å². The minimum atomic E-state index is -3.98. The van der Waals surface area contributed by atoms with Crippen LogP contribution < -0.4 is 15.8 Å². The Kier molecular flexibility index (Phi) is 7.23. The van der Waals surface area contributed by atoms with E-state index in [-0.39, 0.29) is 10.3 Å². The molecule has 0 radical (unpaired) electrons. The number of imidazole rings is 1. The van der Waals surface area contributed by atoms with Crippen LogP contribution in [-0.4, -0.2) is 35.5 Å². The molecule has 0 fully saturated rings. The molecule has 2 rings (SSSR count). The highest BCUT2D eigenvalue weighted by atomic mass is 35.5. The van der Waals surface area contributed by atoms with Crippen LogP contribution >= 0.6 is 11.6 Å². The first-order valence-electron chi connectivity index (χ1n) is 8.51. The van der Waals surface area contributed by atoms with E-state index in [1.807, 2.05) is 11.6 Å². The molecule has 0 spiro atoms. The summed E-state index contributed by atoms with van der Waals surface area (Å²) in [7, 11) is -3.98. The Balaban J connectivity index is 2.05. The number of aromatic nitrogens is 2. The molecule has 0 aliphatic rings. The van der Waals surface area contributed by atoms with Crippen LogP contribution in [0.3, 0.4) is 0 Å². The molecular weight excluding hydrogens is 390 g/mol. The summed E-state index contributed by atoms with van der Waals surface area (Å²) >= 11 is 6.01. The number of alkyl halides is 1. The first kappa shape index (κ1) is 21.2. The Morgan fingerprint density at radius 1 is 1.33 bits per heavy atom. The normalized spacial score (nSPS) is 14.9. The largest absolute Gasteiger partial charge is 0.351 e. The Hall–Kier alpha value is -2.10. The summed E-state index contributed by atoms with van der Waals surface area (Å²) in [5, 5.41) is 2.46. The van der Waals surface area contributed by atoms with Gasteiger partial charge >= 0.3 is 6.03 Å². The van der Waals surface area contributed by atoms with Gasteiger partial charge in [0.15, 0.2) is 0 Å².